The minimum absolute atomic E-state index is 0.0286. The van der Waals surface area contributed by atoms with Crippen molar-refractivity contribution >= 4 is 29.1 Å². The van der Waals surface area contributed by atoms with Crippen LogP contribution in [0.25, 0.3) is 0 Å². The molecule has 4 nitrogen and oxygen atoms in total. The maximum atomic E-state index is 13.8. The highest BCUT2D eigenvalue weighted by molar-refractivity contribution is 6.31. The molecule has 0 bridgehead atoms. The molecular weight excluding hydrogens is 295 g/mol. The van der Waals surface area contributed by atoms with Crippen LogP contribution in [0.2, 0.25) is 5.02 Å². The first-order valence-electron chi connectivity index (χ1n) is 7.01. The molecule has 1 aliphatic carbocycles. The molecule has 6 heteroatoms. The maximum absolute atomic E-state index is 13.8. The molecule has 1 atom stereocenters. The number of hydrogen-bond acceptors (Lipinski definition) is 2. The Morgan fingerprint density at radius 3 is 2.62 bits per heavy atom. The second-order valence-corrected chi connectivity index (χ2v) is 5.72. The van der Waals surface area contributed by atoms with Gasteiger partial charge in [0.15, 0.2) is 5.82 Å². The third-order valence-electron chi connectivity index (χ3n) is 3.72. The van der Waals surface area contributed by atoms with Crippen LogP contribution in [0.5, 0.6) is 0 Å². The van der Waals surface area contributed by atoms with Crippen LogP contribution in [0.3, 0.4) is 0 Å². The van der Waals surface area contributed by atoms with Crippen molar-refractivity contribution in [3.05, 3.63) is 29.0 Å². The normalized spacial score (nSPS) is 16.5. The lowest BCUT2D eigenvalue weighted by Gasteiger charge is -2.23. The Hall–Kier alpha value is -1.62. The van der Waals surface area contributed by atoms with Crippen LogP contribution in [0.1, 0.15) is 32.6 Å². The Labute approximate surface area is 128 Å². The van der Waals surface area contributed by atoms with E-state index < -0.39 is 17.8 Å². The lowest BCUT2D eigenvalue weighted by atomic mass is 9.97. The fourth-order valence-corrected chi connectivity index (χ4v) is 2.89. The molecular formula is C15H18ClFN2O2. The Morgan fingerprint density at radius 1 is 1.33 bits per heavy atom. The van der Waals surface area contributed by atoms with Gasteiger partial charge in [0.05, 0.1) is 10.7 Å². The number of benzene rings is 1. The summed E-state index contributed by atoms with van der Waals surface area (Å²) in [6.07, 6.45) is 3.85. The summed E-state index contributed by atoms with van der Waals surface area (Å²) >= 11 is 5.69. The highest BCUT2D eigenvalue weighted by atomic mass is 35.5. The minimum atomic E-state index is -0.666. The molecule has 2 N–H and O–H groups in total. The molecule has 1 aliphatic rings. The average Bonchev–Trinajstić information content (AvgIpc) is 2.94. The predicted molar refractivity (Wildman–Crippen MR) is 79.6 cm³/mol. The van der Waals surface area contributed by atoms with Crippen molar-refractivity contribution in [3.8, 4) is 0 Å². The lowest BCUT2D eigenvalue weighted by molar-refractivity contribution is -0.126. The third kappa shape index (κ3) is 3.94. The Bertz CT molecular complexity index is 544. The third-order valence-corrected chi connectivity index (χ3v) is 4.01. The van der Waals surface area contributed by atoms with E-state index in [9.17, 15) is 14.0 Å². The summed E-state index contributed by atoms with van der Waals surface area (Å²) in [4.78, 5) is 23.7. The monoisotopic (exact) mass is 312 g/mol. The van der Waals surface area contributed by atoms with E-state index in [1.54, 1.807) is 6.07 Å². The van der Waals surface area contributed by atoms with E-state index >= 15 is 0 Å². The van der Waals surface area contributed by atoms with Gasteiger partial charge in [-0.15, -0.1) is 0 Å². The van der Waals surface area contributed by atoms with Gasteiger partial charge in [-0.3, -0.25) is 9.59 Å². The maximum Gasteiger partial charge on any atom is 0.247 e. The topological polar surface area (TPSA) is 58.2 Å². The Morgan fingerprint density at radius 2 is 2.00 bits per heavy atom. The number of carbonyl (C=O) groups excluding carboxylic acids is 2. The van der Waals surface area contributed by atoms with Crippen molar-refractivity contribution in [1.82, 2.24) is 5.32 Å². The summed E-state index contributed by atoms with van der Waals surface area (Å²) in [5, 5.41) is 5.14. The zero-order valence-electron chi connectivity index (χ0n) is 11.8. The average molecular weight is 313 g/mol. The molecule has 0 radical (unpaired) electrons. The number of hydrogen-bond donors (Lipinski definition) is 2. The summed E-state index contributed by atoms with van der Waals surface area (Å²) in [5.41, 5.74) is 0.0286. The molecule has 2 amide bonds. The van der Waals surface area contributed by atoms with Gasteiger partial charge in [0.1, 0.15) is 6.04 Å². The zero-order valence-corrected chi connectivity index (χ0v) is 12.5. The first-order chi connectivity index (χ1) is 9.99. The number of carbonyl (C=O) groups is 2. The predicted octanol–water partition coefficient (Wildman–Crippen LogP) is 3.11. The van der Waals surface area contributed by atoms with E-state index in [1.165, 1.54) is 19.1 Å². The number of amides is 2. The first-order valence-corrected chi connectivity index (χ1v) is 7.39. The van der Waals surface area contributed by atoms with E-state index in [0.29, 0.717) is 0 Å². The van der Waals surface area contributed by atoms with Crippen molar-refractivity contribution in [2.75, 3.05) is 5.32 Å². The fraction of sp³-hybridized carbons (Fsp3) is 0.467. The number of anilines is 1. The van der Waals surface area contributed by atoms with Crippen LogP contribution < -0.4 is 10.6 Å². The summed E-state index contributed by atoms with van der Waals surface area (Å²) in [5.74, 6) is -1.25. The summed E-state index contributed by atoms with van der Waals surface area (Å²) in [6, 6.07) is 3.78. The highest BCUT2D eigenvalue weighted by Gasteiger charge is 2.31. The van der Waals surface area contributed by atoms with E-state index in [-0.39, 0.29) is 22.5 Å². The summed E-state index contributed by atoms with van der Waals surface area (Å²) in [7, 11) is 0. The van der Waals surface area contributed by atoms with Gasteiger partial charge >= 0.3 is 0 Å². The molecule has 0 saturated heterocycles. The Balaban J connectivity index is 2.14. The molecule has 2 rings (SSSR count). The van der Waals surface area contributed by atoms with Gasteiger partial charge in [-0.25, -0.2) is 4.39 Å². The highest BCUT2D eigenvalue weighted by Crippen LogP contribution is 2.29. The van der Waals surface area contributed by atoms with Crippen LogP contribution >= 0.6 is 11.6 Å². The van der Waals surface area contributed by atoms with Gasteiger partial charge in [0.25, 0.3) is 0 Å². The fourth-order valence-electron chi connectivity index (χ4n) is 2.72. The number of halogens is 2. The van der Waals surface area contributed by atoms with Gasteiger partial charge in [0, 0.05) is 6.92 Å². The lowest BCUT2D eigenvalue weighted by Crippen LogP contribution is -2.47. The second-order valence-electron chi connectivity index (χ2n) is 5.31. The van der Waals surface area contributed by atoms with E-state index in [0.717, 1.165) is 25.7 Å². The van der Waals surface area contributed by atoms with Gasteiger partial charge in [-0.1, -0.05) is 30.5 Å². The number of nitrogens with one attached hydrogen (secondary N) is 2. The van der Waals surface area contributed by atoms with Crippen LogP contribution in [0, 0.1) is 11.7 Å². The smallest absolute Gasteiger partial charge is 0.247 e. The van der Waals surface area contributed by atoms with Crippen molar-refractivity contribution in [1.29, 1.82) is 0 Å². The van der Waals surface area contributed by atoms with E-state index in [1.807, 2.05) is 0 Å². The second kappa shape index (κ2) is 6.89. The molecule has 1 saturated carbocycles. The van der Waals surface area contributed by atoms with Crippen LogP contribution in [-0.4, -0.2) is 17.9 Å². The van der Waals surface area contributed by atoms with Gasteiger partial charge in [0.2, 0.25) is 11.8 Å². The van der Waals surface area contributed by atoms with Crippen molar-refractivity contribution < 1.29 is 14.0 Å². The minimum Gasteiger partial charge on any atom is -0.344 e. The Kier molecular flexibility index (Phi) is 5.17. The summed E-state index contributed by atoms with van der Waals surface area (Å²) in [6.45, 7) is 1.37. The van der Waals surface area contributed by atoms with Gasteiger partial charge in [-0.2, -0.15) is 0 Å². The van der Waals surface area contributed by atoms with Crippen molar-refractivity contribution in [3.63, 3.8) is 0 Å². The molecule has 1 aromatic rings. The molecule has 1 unspecified atom stereocenters. The zero-order chi connectivity index (χ0) is 15.4. The van der Waals surface area contributed by atoms with Crippen LogP contribution in [-0.2, 0) is 9.59 Å². The quantitative estimate of drug-likeness (QED) is 0.897. The largest absolute Gasteiger partial charge is 0.344 e. The van der Waals surface area contributed by atoms with E-state index in [2.05, 4.69) is 10.6 Å². The molecule has 0 aromatic heterocycles. The van der Waals surface area contributed by atoms with Gasteiger partial charge in [-0.05, 0) is 30.9 Å². The standard InChI is InChI=1S/C15H18ClFN2O2/c1-9(20)18-14(10-5-2-3-6-10)15(21)19-12-8-4-7-11(16)13(12)17/h4,7-8,10,14H,2-3,5-6H2,1H3,(H,18,20)(H,19,21). The summed E-state index contributed by atoms with van der Waals surface area (Å²) < 4.78 is 13.8. The SMILES string of the molecule is CC(=O)NC(C(=O)Nc1cccc(Cl)c1F)C1CCCC1. The van der Waals surface area contributed by atoms with E-state index in [4.69, 9.17) is 11.6 Å². The first kappa shape index (κ1) is 15.8. The van der Waals surface area contributed by atoms with Gasteiger partial charge < -0.3 is 10.6 Å². The molecule has 0 aliphatic heterocycles. The van der Waals surface area contributed by atoms with Crippen LogP contribution in [0.4, 0.5) is 10.1 Å². The van der Waals surface area contributed by atoms with Crippen molar-refractivity contribution in [2.24, 2.45) is 5.92 Å². The molecule has 0 heterocycles. The molecule has 114 valence electrons. The van der Waals surface area contributed by atoms with Crippen LogP contribution in [0.15, 0.2) is 18.2 Å². The molecule has 1 fully saturated rings. The molecule has 0 spiro atoms. The molecule has 21 heavy (non-hydrogen) atoms. The number of rotatable bonds is 4. The van der Waals surface area contributed by atoms with Crippen molar-refractivity contribution in [2.45, 2.75) is 38.6 Å². The molecule has 1 aromatic carbocycles.